The van der Waals surface area contributed by atoms with Crippen LogP contribution in [0.15, 0.2) is 6.20 Å². The molecule has 1 heterocycles. The maximum Gasteiger partial charge on any atom is 0.142 e. The van der Waals surface area contributed by atoms with Gasteiger partial charge < -0.3 is 10.2 Å². The molecule has 1 unspecified atom stereocenters. The van der Waals surface area contributed by atoms with Gasteiger partial charge in [0.25, 0.3) is 0 Å². The lowest BCUT2D eigenvalue weighted by Gasteiger charge is -2.12. The van der Waals surface area contributed by atoms with Crippen LogP contribution in [0.2, 0.25) is 0 Å². The van der Waals surface area contributed by atoms with Gasteiger partial charge in [-0.05, 0) is 19.4 Å². The topological polar surface area (TPSA) is 53.4 Å². The third kappa shape index (κ3) is 1.95. The highest BCUT2D eigenvalue weighted by molar-refractivity contribution is 7.80. The van der Waals surface area contributed by atoms with Crippen LogP contribution in [0.4, 0.5) is 0 Å². The minimum Gasteiger partial charge on any atom is -0.506 e. The Bertz CT molecular complexity index is 313. The van der Waals surface area contributed by atoms with Crippen molar-refractivity contribution >= 4 is 12.6 Å². The van der Waals surface area contributed by atoms with E-state index in [9.17, 15) is 5.11 Å². The molecule has 0 bridgehead atoms. The van der Waals surface area contributed by atoms with E-state index < -0.39 is 0 Å². The number of rotatable bonds is 2. The molecule has 0 aliphatic carbocycles. The van der Waals surface area contributed by atoms with Crippen molar-refractivity contribution in [3.05, 3.63) is 23.0 Å². The minimum atomic E-state index is -0.185. The molecule has 1 atom stereocenters. The average molecular weight is 199 g/mol. The van der Waals surface area contributed by atoms with Crippen LogP contribution < -0.4 is 0 Å². The van der Waals surface area contributed by atoms with Crippen LogP contribution in [-0.4, -0.2) is 15.2 Å². The Kier molecular flexibility index (Phi) is 3.17. The summed E-state index contributed by atoms with van der Waals surface area (Å²) in [6.45, 7) is 3.38. The summed E-state index contributed by atoms with van der Waals surface area (Å²) >= 11 is 4.23. The Labute approximate surface area is 82.9 Å². The molecule has 1 aromatic rings. The molecular formula is C9H13NO2S. The molecule has 0 saturated carbocycles. The van der Waals surface area contributed by atoms with Crippen LogP contribution in [0.3, 0.4) is 0 Å². The first-order valence-electron chi connectivity index (χ1n) is 4.04. The van der Waals surface area contributed by atoms with E-state index in [1.165, 1.54) is 0 Å². The van der Waals surface area contributed by atoms with Crippen LogP contribution in [0.25, 0.3) is 0 Å². The van der Waals surface area contributed by atoms with Crippen LogP contribution >= 0.6 is 12.6 Å². The predicted molar refractivity (Wildman–Crippen MR) is 54.0 cm³/mol. The maximum absolute atomic E-state index is 9.57. The number of aromatic nitrogens is 1. The average Bonchev–Trinajstić information content (AvgIpc) is 2.09. The van der Waals surface area contributed by atoms with Crippen molar-refractivity contribution in [2.45, 2.75) is 25.7 Å². The first-order chi connectivity index (χ1) is 6.07. The molecule has 1 aromatic heterocycles. The van der Waals surface area contributed by atoms with Gasteiger partial charge in [-0.25, -0.2) is 0 Å². The van der Waals surface area contributed by atoms with Crippen LogP contribution in [-0.2, 0) is 6.61 Å². The largest absolute Gasteiger partial charge is 0.506 e. The van der Waals surface area contributed by atoms with Gasteiger partial charge in [0.2, 0.25) is 0 Å². The molecule has 72 valence electrons. The van der Waals surface area contributed by atoms with Crippen LogP contribution in [0.5, 0.6) is 5.75 Å². The van der Waals surface area contributed by atoms with E-state index in [1.807, 2.05) is 6.92 Å². The van der Waals surface area contributed by atoms with Crippen molar-refractivity contribution < 1.29 is 10.2 Å². The normalized spacial score (nSPS) is 12.9. The van der Waals surface area contributed by atoms with Crippen LogP contribution in [0, 0.1) is 6.92 Å². The third-order valence-corrected chi connectivity index (χ3v) is 2.26. The van der Waals surface area contributed by atoms with Crippen molar-refractivity contribution in [3.63, 3.8) is 0 Å². The molecule has 0 amide bonds. The van der Waals surface area contributed by atoms with E-state index in [4.69, 9.17) is 5.11 Å². The quantitative estimate of drug-likeness (QED) is 0.634. The number of nitrogens with zero attached hydrogens (tertiary/aromatic N) is 1. The maximum atomic E-state index is 9.57. The number of aliphatic hydroxyl groups excluding tert-OH is 1. The Morgan fingerprint density at radius 1 is 1.62 bits per heavy atom. The van der Waals surface area contributed by atoms with Crippen molar-refractivity contribution in [1.29, 1.82) is 0 Å². The number of thiol groups is 1. The van der Waals surface area contributed by atoms with Gasteiger partial charge in [-0.3, -0.25) is 4.98 Å². The van der Waals surface area contributed by atoms with Gasteiger partial charge in [0.1, 0.15) is 5.75 Å². The number of aliphatic hydroxyl groups is 1. The van der Waals surface area contributed by atoms with Crippen molar-refractivity contribution in [2.24, 2.45) is 0 Å². The summed E-state index contributed by atoms with van der Waals surface area (Å²) in [4.78, 5) is 4.00. The van der Waals surface area contributed by atoms with E-state index in [-0.39, 0.29) is 17.6 Å². The van der Waals surface area contributed by atoms with Gasteiger partial charge in [0, 0.05) is 17.0 Å². The van der Waals surface area contributed by atoms with Crippen molar-refractivity contribution in [3.8, 4) is 5.75 Å². The number of aryl methyl sites for hydroxylation is 1. The van der Waals surface area contributed by atoms with Gasteiger partial charge >= 0.3 is 0 Å². The monoisotopic (exact) mass is 199 g/mol. The Hall–Kier alpha value is -0.740. The summed E-state index contributed by atoms with van der Waals surface area (Å²) in [5.41, 5.74) is 1.82. The van der Waals surface area contributed by atoms with Gasteiger partial charge in [0.15, 0.2) is 0 Å². The van der Waals surface area contributed by atoms with Gasteiger partial charge in [-0.15, -0.1) is 0 Å². The van der Waals surface area contributed by atoms with E-state index in [0.717, 1.165) is 5.56 Å². The Balaban J connectivity index is 3.30. The lowest BCUT2D eigenvalue weighted by atomic mass is 10.1. The van der Waals surface area contributed by atoms with Gasteiger partial charge in [-0.1, -0.05) is 0 Å². The first-order valence-corrected chi connectivity index (χ1v) is 4.55. The van der Waals surface area contributed by atoms with Gasteiger partial charge in [-0.2, -0.15) is 12.6 Å². The lowest BCUT2D eigenvalue weighted by molar-refractivity contribution is 0.273. The molecule has 0 fully saturated rings. The Morgan fingerprint density at radius 2 is 2.23 bits per heavy atom. The second-order valence-electron chi connectivity index (χ2n) is 2.96. The molecule has 0 spiro atoms. The van der Waals surface area contributed by atoms with E-state index >= 15 is 0 Å². The fraction of sp³-hybridized carbons (Fsp3) is 0.444. The zero-order valence-electron chi connectivity index (χ0n) is 7.65. The fourth-order valence-corrected chi connectivity index (χ4v) is 1.41. The fourth-order valence-electron chi connectivity index (χ4n) is 1.19. The standard InChI is InChI=1S/C9H13NO2S/c1-5-9(12)8(4-11)7(3-10-5)6(2)13/h3,6,11-13H,4H2,1-2H3. The summed E-state index contributed by atoms with van der Waals surface area (Å²) in [6, 6.07) is 0. The molecular weight excluding hydrogens is 186 g/mol. The minimum absolute atomic E-state index is 0.0406. The summed E-state index contributed by atoms with van der Waals surface area (Å²) in [5, 5.41) is 18.6. The number of pyridine rings is 1. The smallest absolute Gasteiger partial charge is 0.142 e. The molecule has 0 aromatic carbocycles. The van der Waals surface area contributed by atoms with Crippen molar-refractivity contribution in [1.82, 2.24) is 4.98 Å². The summed E-state index contributed by atoms with van der Waals surface area (Å²) in [7, 11) is 0. The molecule has 13 heavy (non-hydrogen) atoms. The van der Waals surface area contributed by atoms with Gasteiger partial charge in [0.05, 0.1) is 12.3 Å². The molecule has 4 heteroatoms. The number of hydrogen-bond acceptors (Lipinski definition) is 4. The van der Waals surface area contributed by atoms with E-state index in [2.05, 4.69) is 17.6 Å². The third-order valence-electron chi connectivity index (χ3n) is 1.98. The van der Waals surface area contributed by atoms with Crippen molar-refractivity contribution in [2.75, 3.05) is 0 Å². The molecule has 3 nitrogen and oxygen atoms in total. The molecule has 0 aliphatic rings. The highest BCUT2D eigenvalue weighted by atomic mass is 32.1. The van der Waals surface area contributed by atoms with E-state index in [0.29, 0.717) is 11.3 Å². The lowest BCUT2D eigenvalue weighted by Crippen LogP contribution is -1.99. The van der Waals surface area contributed by atoms with Crippen LogP contribution in [0.1, 0.15) is 29.0 Å². The number of aromatic hydroxyl groups is 1. The highest BCUT2D eigenvalue weighted by Gasteiger charge is 2.13. The molecule has 0 aliphatic heterocycles. The SMILES string of the molecule is Cc1ncc(C(C)S)c(CO)c1O. The van der Waals surface area contributed by atoms with E-state index in [1.54, 1.807) is 13.1 Å². The summed E-state index contributed by atoms with van der Waals surface area (Å²) < 4.78 is 0. The zero-order valence-corrected chi connectivity index (χ0v) is 8.55. The second kappa shape index (κ2) is 3.98. The molecule has 1 rings (SSSR count). The summed E-state index contributed by atoms with van der Waals surface area (Å²) in [6.07, 6.45) is 1.64. The summed E-state index contributed by atoms with van der Waals surface area (Å²) in [5.74, 6) is 0.0703. The molecule has 2 N–H and O–H groups in total. The molecule has 0 saturated heterocycles. The Morgan fingerprint density at radius 3 is 2.69 bits per heavy atom. The highest BCUT2D eigenvalue weighted by Crippen LogP contribution is 2.30. The zero-order chi connectivity index (χ0) is 10.0. The predicted octanol–water partition coefficient (Wildman–Crippen LogP) is 1.58. The second-order valence-corrected chi connectivity index (χ2v) is 3.73. The number of hydrogen-bond donors (Lipinski definition) is 3. The first kappa shape index (κ1) is 10.3. The molecule has 0 radical (unpaired) electrons.